The Morgan fingerprint density at radius 3 is 2.54 bits per heavy atom. The summed E-state index contributed by atoms with van der Waals surface area (Å²) in [5, 5.41) is 16.7. The summed E-state index contributed by atoms with van der Waals surface area (Å²) in [5.41, 5.74) is 1.69. The number of hydrogen-bond donors (Lipinski definition) is 1. The largest absolute Gasteiger partial charge is 0.550 e. The Bertz CT molecular complexity index is 832. The SMILES string of the molecule is COc1ccc(-c2csc(NC(=O)[C@@H]3[C@@H]4CC[C@@H](C4)[C@@H]3C(=O)[O-])n2)cc1. The van der Waals surface area contributed by atoms with Crippen LogP contribution in [0.25, 0.3) is 11.3 Å². The second-order valence-corrected chi connectivity index (χ2v) is 7.82. The Balaban J connectivity index is 1.48. The number of aliphatic carboxylic acids is 1. The predicted octanol–water partition coefficient (Wildman–Crippen LogP) is 2.17. The van der Waals surface area contributed by atoms with Gasteiger partial charge in [0.05, 0.1) is 12.8 Å². The maximum absolute atomic E-state index is 12.7. The first-order valence-electron chi connectivity index (χ1n) is 8.68. The first kappa shape index (κ1) is 17.0. The number of hydrogen-bond acceptors (Lipinski definition) is 6. The molecule has 0 spiro atoms. The predicted molar refractivity (Wildman–Crippen MR) is 95.5 cm³/mol. The standard InChI is InChI=1S/C19H20N2O4S/c1-25-13-6-4-10(5-7-13)14-9-26-19(20-14)21-17(22)15-11-2-3-12(8-11)16(15)18(23)24/h4-7,9,11-12,15-16H,2-3,8H2,1H3,(H,23,24)(H,20,21,22)/p-1/t11-,12+,15-,16+/m1/s1. The molecule has 2 bridgehead atoms. The number of carboxylic acid groups (broad SMARTS) is 1. The summed E-state index contributed by atoms with van der Waals surface area (Å²) in [4.78, 5) is 28.6. The lowest BCUT2D eigenvalue weighted by atomic mass is 9.79. The molecule has 2 aliphatic carbocycles. The lowest BCUT2D eigenvalue weighted by Crippen LogP contribution is -2.43. The highest BCUT2D eigenvalue weighted by atomic mass is 32.1. The quantitative estimate of drug-likeness (QED) is 0.870. The summed E-state index contributed by atoms with van der Waals surface area (Å²) in [6.45, 7) is 0. The molecule has 2 saturated carbocycles. The molecular formula is C19H19N2O4S-. The van der Waals surface area contributed by atoms with Gasteiger partial charge in [0.1, 0.15) is 5.75 Å². The van der Waals surface area contributed by atoms with Crippen LogP contribution in [0.5, 0.6) is 5.75 Å². The van der Waals surface area contributed by atoms with E-state index < -0.39 is 17.8 Å². The number of fused-ring (bicyclic) bond motifs is 2. The van der Waals surface area contributed by atoms with Crippen molar-refractivity contribution in [3.63, 3.8) is 0 Å². The van der Waals surface area contributed by atoms with E-state index in [2.05, 4.69) is 10.3 Å². The molecule has 6 nitrogen and oxygen atoms in total. The molecule has 0 unspecified atom stereocenters. The molecule has 1 N–H and O–H groups in total. The number of carbonyl (C=O) groups excluding carboxylic acids is 2. The monoisotopic (exact) mass is 371 g/mol. The first-order valence-corrected chi connectivity index (χ1v) is 9.56. The van der Waals surface area contributed by atoms with Crippen LogP contribution in [0, 0.1) is 23.7 Å². The van der Waals surface area contributed by atoms with Gasteiger partial charge in [0, 0.05) is 28.7 Å². The normalized spacial score (nSPS) is 26.7. The Morgan fingerprint density at radius 2 is 1.88 bits per heavy atom. The van der Waals surface area contributed by atoms with Gasteiger partial charge in [0.15, 0.2) is 5.13 Å². The third-order valence-electron chi connectivity index (χ3n) is 5.61. The van der Waals surface area contributed by atoms with E-state index in [1.165, 1.54) is 11.3 Å². The molecule has 7 heteroatoms. The van der Waals surface area contributed by atoms with Crippen molar-refractivity contribution in [2.45, 2.75) is 19.3 Å². The van der Waals surface area contributed by atoms with Crippen molar-refractivity contribution in [3.05, 3.63) is 29.6 Å². The third kappa shape index (κ3) is 2.96. The molecule has 1 heterocycles. The minimum absolute atomic E-state index is 0.0758. The van der Waals surface area contributed by atoms with Crippen molar-refractivity contribution >= 4 is 28.3 Å². The van der Waals surface area contributed by atoms with E-state index in [9.17, 15) is 14.7 Å². The molecule has 0 saturated heterocycles. The molecule has 2 aliphatic rings. The van der Waals surface area contributed by atoms with Gasteiger partial charge in [-0.3, -0.25) is 4.79 Å². The number of amides is 1. The summed E-state index contributed by atoms with van der Waals surface area (Å²) in [6, 6.07) is 7.52. The van der Waals surface area contributed by atoms with Gasteiger partial charge >= 0.3 is 0 Å². The Morgan fingerprint density at radius 1 is 1.19 bits per heavy atom. The van der Waals surface area contributed by atoms with E-state index in [0.717, 1.165) is 36.3 Å². The zero-order valence-corrected chi connectivity index (χ0v) is 15.1. The van der Waals surface area contributed by atoms with Crippen LogP contribution < -0.4 is 15.2 Å². The summed E-state index contributed by atoms with van der Waals surface area (Å²) < 4.78 is 5.15. The number of thiazole rings is 1. The van der Waals surface area contributed by atoms with Gasteiger partial charge in [-0.1, -0.05) is 0 Å². The van der Waals surface area contributed by atoms with Crippen LogP contribution in [0.3, 0.4) is 0 Å². The van der Waals surface area contributed by atoms with Crippen molar-refractivity contribution in [2.75, 3.05) is 12.4 Å². The van der Waals surface area contributed by atoms with E-state index in [-0.39, 0.29) is 17.7 Å². The highest BCUT2D eigenvalue weighted by Crippen LogP contribution is 2.52. The molecule has 26 heavy (non-hydrogen) atoms. The van der Waals surface area contributed by atoms with E-state index in [1.807, 2.05) is 29.6 Å². The number of nitrogens with one attached hydrogen (secondary N) is 1. The van der Waals surface area contributed by atoms with Crippen molar-refractivity contribution < 1.29 is 19.4 Å². The first-order chi connectivity index (χ1) is 12.6. The number of benzene rings is 1. The van der Waals surface area contributed by atoms with Gasteiger partial charge in [-0.25, -0.2) is 4.98 Å². The highest BCUT2D eigenvalue weighted by molar-refractivity contribution is 7.14. The number of aromatic nitrogens is 1. The van der Waals surface area contributed by atoms with Crippen molar-refractivity contribution in [2.24, 2.45) is 23.7 Å². The van der Waals surface area contributed by atoms with E-state index in [1.54, 1.807) is 7.11 Å². The lowest BCUT2D eigenvalue weighted by Gasteiger charge is -2.30. The molecule has 1 aromatic heterocycles. The van der Waals surface area contributed by atoms with Crippen LogP contribution >= 0.6 is 11.3 Å². The number of carbonyl (C=O) groups is 2. The molecule has 4 rings (SSSR count). The number of anilines is 1. The minimum Gasteiger partial charge on any atom is -0.550 e. The smallest absolute Gasteiger partial charge is 0.230 e. The number of nitrogens with zero attached hydrogens (tertiary/aromatic N) is 1. The molecule has 2 aromatic rings. The average molecular weight is 371 g/mol. The van der Waals surface area contributed by atoms with Crippen LogP contribution in [-0.2, 0) is 9.59 Å². The van der Waals surface area contributed by atoms with Crippen LogP contribution in [-0.4, -0.2) is 24.0 Å². The molecule has 0 radical (unpaired) electrons. The van der Waals surface area contributed by atoms with Gasteiger partial charge in [-0.15, -0.1) is 11.3 Å². The van der Waals surface area contributed by atoms with Gasteiger partial charge in [-0.2, -0.15) is 0 Å². The zero-order chi connectivity index (χ0) is 18.3. The molecule has 4 atom stereocenters. The fourth-order valence-electron chi connectivity index (χ4n) is 4.42. The molecule has 136 valence electrons. The maximum Gasteiger partial charge on any atom is 0.230 e. The highest BCUT2D eigenvalue weighted by Gasteiger charge is 2.51. The Hall–Kier alpha value is -2.41. The second-order valence-electron chi connectivity index (χ2n) is 6.96. The number of methoxy groups -OCH3 is 1. The fourth-order valence-corrected chi connectivity index (χ4v) is 5.14. The number of ether oxygens (including phenoxy) is 1. The summed E-state index contributed by atoms with van der Waals surface area (Å²) >= 11 is 1.33. The van der Waals surface area contributed by atoms with Gasteiger partial charge < -0.3 is 20.0 Å². The van der Waals surface area contributed by atoms with Crippen molar-refractivity contribution in [1.29, 1.82) is 0 Å². The third-order valence-corrected chi connectivity index (χ3v) is 6.37. The number of carboxylic acids is 1. The second kappa shape index (κ2) is 6.72. The summed E-state index contributed by atoms with van der Waals surface area (Å²) in [6.07, 6.45) is 2.61. The average Bonchev–Trinajstić information content (AvgIpc) is 3.37. The van der Waals surface area contributed by atoms with Gasteiger partial charge in [-0.05, 0) is 55.4 Å². The summed E-state index contributed by atoms with van der Waals surface area (Å²) in [7, 11) is 1.61. The zero-order valence-electron chi connectivity index (χ0n) is 14.3. The van der Waals surface area contributed by atoms with Gasteiger partial charge in [0.25, 0.3) is 0 Å². The Labute approximate surface area is 155 Å². The molecule has 1 aromatic carbocycles. The van der Waals surface area contributed by atoms with Crippen LogP contribution in [0.2, 0.25) is 0 Å². The van der Waals surface area contributed by atoms with Crippen LogP contribution in [0.1, 0.15) is 19.3 Å². The van der Waals surface area contributed by atoms with Crippen LogP contribution in [0.15, 0.2) is 29.6 Å². The van der Waals surface area contributed by atoms with Crippen LogP contribution in [0.4, 0.5) is 5.13 Å². The topological polar surface area (TPSA) is 91.3 Å². The lowest BCUT2D eigenvalue weighted by molar-refractivity contribution is -0.314. The minimum atomic E-state index is -1.10. The van der Waals surface area contributed by atoms with Crippen molar-refractivity contribution in [1.82, 2.24) is 4.98 Å². The molecule has 0 aliphatic heterocycles. The molecule has 1 amide bonds. The van der Waals surface area contributed by atoms with Crippen molar-refractivity contribution in [3.8, 4) is 17.0 Å². The van der Waals surface area contributed by atoms with Gasteiger partial charge in [0.2, 0.25) is 5.91 Å². The maximum atomic E-state index is 12.7. The fraction of sp³-hybridized carbons (Fsp3) is 0.421. The van der Waals surface area contributed by atoms with E-state index >= 15 is 0 Å². The van der Waals surface area contributed by atoms with E-state index in [0.29, 0.717) is 5.13 Å². The summed E-state index contributed by atoms with van der Waals surface area (Å²) in [5.74, 6) is -1.54. The van der Waals surface area contributed by atoms with E-state index in [4.69, 9.17) is 4.74 Å². The Kier molecular flexibility index (Phi) is 4.40. The molecular weight excluding hydrogens is 352 g/mol. The number of rotatable bonds is 5. The molecule has 2 fully saturated rings.